The Bertz CT molecular complexity index is 972. The molecule has 0 fully saturated rings. The lowest BCUT2D eigenvalue weighted by Gasteiger charge is -2.10. The lowest BCUT2D eigenvalue weighted by Crippen LogP contribution is -2.07. The van der Waals surface area contributed by atoms with E-state index in [4.69, 9.17) is 14.2 Å². The molecule has 1 aliphatic rings. The topological polar surface area (TPSA) is 66.3 Å². The van der Waals surface area contributed by atoms with Crippen LogP contribution in [0.1, 0.15) is 11.1 Å². The number of carbonyl (C=O) groups is 1. The molecule has 2 aromatic carbocycles. The standard InChI is InChI=1S/C19H14F3NO5/c1-25-14-5-3-10(7-12(14)20)8-13-18(24)28-17(23-13)11-4-6-15(27-19(21)22)16(9-11)26-2/h3-9,19H,1-2H3/b13-8-. The Kier molecular flexibility index (Phi) is 5.53. The zero-order chi connectivity index (χ0) is 20.3. The van der Waals surface area contributed by atoms with Crippen molar-refractivity contribution in [2.24, 2.45) is 4.99 Å². The Hall–Kier alpha value is -3.49. The number of methoxy groups -OCH3 is 2. The van der Waals surface area contributed by atoms with Crippen molar-refractivity contribution >= 4 is 17.9 Å². The first kappa shape index (κ1) is 19.3. The third-order valence-electron chi connectivity index (χ3n) is 3.73. The van der Waals surface area contributed by atoms with Crippen LogP contribution in [-0.4, -0.2) is 32.7 Å². The van der Waals surface area contributed by atoms with Crippen LogP contribution in [0.5, 0.6) is 17.2 Å². The summed E-state index contributed by atoms with van der Waals surface area (Å²) in [7, 11) is 2.62. The Morgan fingerprint density at radius 2 is 1.75 bits per heavy atom. The highest BCUT2D eigenvalue weighted by molar-refractivity contribution is 6.13. The molecule has 146 valence electrons. The fraction of sp³-hybridized carbons (Fsp3) is 0.158. The first-order valence-corrected chi connectivity index (χ1v) is 7.90. The summed E-state index contributed by atoms with van der Waals surface area (Å²) < 4.78 is 57.9. The zero-order valence-corrected chi connectivity index (χ0v) is 14.7. The molecule has 0 amide bonds. The van der Waals surface area contributed by atoms with Gasteiger partial charge in [-0.3, -0.25) is 0 Å². The fourth-order valence-corrected chi connectivity index (χ4v) is 2.46. The first-order chi connectivity index (χ1) is 13.4. The number of benzene rings is 2. The van der Waals surface area contributed by atoms with Gasteiger partial charge < -0.3 is 18.9 Å². The minimum atomic E-state index is -3.01. The molecule has 9 heteroatoms. The molecule has 0 aromatic heterocycles. The second-order valence-corrected chi connectivity index (χ2v) is 5.47. The summed E-state index contributed by atoms with van der Waals surface area (Å²) in [4.78, 5) is 16.1. The van der Waals surface area contributed by atoms with Gasteiger partial charge >= 0.3 is 12.6 Å². The summed E-state index contributed by atoms with van der Waals surface area (Å²) in [5.74, 6) is -1.46. The molecule has 6 nitrogen and oxygen atoms in total. The average Bonchev–Trinajstić information content (AvgIpc) is 3.02. The number of rotatable bonds is 6. The lowest BCUT2D eigenvalue weighted by atomic mass is 10.2. The number of hydrogen-bond donors (Lipinski definition) is 0. The normalized spacial score (nSPS) is 14.9. The van der Waals surface area contributed by atoms with Gasteiger partial charge in [-0.1, -0.05) is 6.07 Å². The van der Waals surface area contributed by atoms with Crippen LogP contribution in [0.4, 0.5) is 13.2 Å². The van der Waals surface area contributed by atoms with Gasteiger partial charge in [0.05, 0.1) is 14.2 Å². The maximum atomic E-state index is 13.8. The van der Waals surface area contributed by atoms with E-state index in [1.54, 1.807) is 6.07 Å². The molecule has 2 aromatic rings. The summed E-state index contributed by atoms with van der Waals surface area (Å²) in [5, 5.41) is 0. The Labute approximate surface area is 157 Å². The third kappa shape index (κ3) is 4.08. The Morgan fingerprint density at radius 1 is 1.04 bits per heavy atom. The van der Waals surface area contributed by atoms with Crippen LogP contribution in [0, 0.1) is 5.82 Å². The van der Waals surface area contributed by atoms with Gasteiger partial charge in [0.2, 0.25) is 5.90 Å². The summed E-state index contributed by atoms with van der Waals surface area (Å²) in [5.41, 5.74) is 0.649. The van der Waals surface area contributed by atoms with Crippen molar-refractivity contribution in [1.82, 2.24) is 0 Å². The molecule has 3 rings (SSSR count). The second-order valence-electron chi connectivity index (χ2n) is 5.47. The molecular weight excluding hydrogens is 379 g/mol. The number of cyclic esters (lactones) is 1. The van der Waals surface area contributed by atoms with Crippen molar-refractivity contribution in [1.29, 1.82) is 0 Å². The molecular formula is C19H14F3NO5. The van der Waals surface area contributed by atoms with E-state index >= 15 is 0 Å². The van der Waals surface area contributed by atoms with Crippen LogP contribution in [-0.2, 0) is 9.53 Å². The number of ether oxygens (including phenoxy) is 4. The van der Waals surface area contributed by atoms with E-state index in [0.717, 1.165) is 0 Å². The molecule has 0 aliphatic carbocycles. The van der Waals surface area contributed by atoms with E-state index in [9.17, 15) is 18.0 Å². The third-order valence-corrected chi connectivity index (χ3v) is 3.73. The van der Waals surface area contributed by atoms with Crippen LogP contribution in [0.25, 0.3) is 6.08 Å². The highest BCUT2D eigenvalue weighted by Crippen LogP contribution is 2.31. The fourth-order valence-electron chi connectivity index (χ4n) is 2.46. The van der Waals surface area contributed by atoms with E-state index in [1.807, 2.05) is 0 Å². The SMILES string of the molecule is COc1ccc(/C=C2\N=C(c3ccc(OC(F)F)c(OC)c3)OC2=O)cc1F. The van der Waals surface area contributed by atoms with Gasteiger partial charge in [-0.2, -0.15) is 8.78 Å². The minimum absolute atomic E-state index is 0.0196. The second kappa shape index (κ2) is 8.03. The average molecular weight is 393 g/mol. The van der Waals surface area contributed by atoms with E-state index in [2.05, 4.69) is 9.73 Å². The Balaban J connectivity index is 1.90. The van der Waals surface area contributed by atoms with Gasteiger partial charge in [0.1, 0.15) is 0 Å². The van der Waals surface area contributed by atoms with Crippen molar-refractivity contribution in [2.45, 2.75) is 6.61 Å². The van der Waals surface area contributed by atoms with Crippen molar-refractivity contribution in [3.8, 4) is 17.2 Å². The number of halogens is 3. The number of alkyl halides is 2. The number of nitrogens with zero attached hydrogens (tertiary/aromatic N) is 1. The van der Waals surface area contributed by atoms with Crippen molar-refractivity contribution in [3.63, 3.8) is 0 Å². The van der Waals surface area contributed by atoms with E-state index in [1.165, 1.54) is 50.6 Å². The number of esters is 1. The lowest BCUT2D eigenvalue weighted by molar-refractivity contribution is -0.129. The van der Waals surface area contributed by atoms with Gasteiger partial charge in [0.15, 0.2) is 28.8 Å². The molecule has 0 radical (unpaired) electrons. The summed E-state index contributed by atoms with van der Waals surface area (Å²) >= 11 is 0. The predicted molar refractivity (Wildman–Crippen MR) is 93.2 cm³/mol. The van der Waals surface area contributed by atoms with Crippen LogP contribution >= 0.6 is 0 Å². The van der Waals surface area contributed by atoms with Crippen LogP contribution in [0.2, 0.25) is 0 Å². The highest BCUT2D eigenvalue weighted by atomic mass is 19.3. The molecule has 0 N–H and O–H groups in total. The molecule has 0 saturated heterocycles. The highest BCUT2D eigenvalue weighted by Gasteiger charge is 2.25. The van der Waals surface area contributed by atoms with Crippen molar-refractivity contribution < 1.29 is 36.9 Å². The number of aliphatic imine (C=N–C) groups is 1. The van der Waals surface area contributed by atoms with Crippen LogP contribution < -0.4 is 14.2 Å². The maximum absolute atomic E-state index is 13.8. The van der Waals surface area contributed by atoms with Gasteiger partial charge in [-0.15, -0.1) is 0 Å². The van der Waals surface area contributed by atoms with Gasteiger partial charge in [-0.25, -0.2) is 14.2 Å². The minimum Gasteiger partial charge on any atom is -0.494 e. The smallest absolute Gasteiger partial charge is 0.387 e. The van der Waals surface area contributed by atoms with E-state index in [0.29, 0.717) is 11.1 Å². The Morgan fingerprint density at radius 3 is 2.39 bits per heavy atom. The number of hydrogen-bond acceptors (Lipinski definition) is 6. The van der Waals surface area contributed by atoms with Crippen LogP contribution in [0.15, 0.2) is 47.1 Å². The predicted octanol–water partition coefficient (Wildman–Crippen LogP) is 3.79. The summed E-state index contributed by atoms with van der Waals surface area (Å²) in [6, 6.07) is 8.14. The molecule has 0 bridgehead atoms. The van der Waals surface area contributed by atoms with E-state index < -0.39 is 18.4 Å². The molecule has 28 heavy (non-hydrogen) atoms. The van der Waals surface area contributed by atoms with Crippen molar-refractivity contribution in [3.05, 3.63) is 59.0 Å². The van der Waals surface area contributed by atoms with Gasteiger partial charge in [0.25, 0.3) is 0 Å². The molecule has 0 saturated carbocycles. The van der Waals surface area contributed by atoms with Gasteiger partial charge in [-0.05, 0) is 42.0 Å². The first-order valence-electron chi connectivity index (χ1n) is 7.90. The van der Waals surface area contributed by atoms with Gasteiger partial charge in [0, 0.05) is 5.56 Å². The molecule has 0 unspecified atom stereocenters. The summed E-state index contributed by atoms with van der Waals surface area (Å²) in [6.45, 7) is -3.01. The molecule has 1 aliphatic heterocycles. The van der Waals surface area contributed by atoms with Crippen molar-refractivity contribution in [2.75, 3.05) is 14.2 Å². The molecule has 0 atom stereocenters. The molecule has 0 spiro atoms. The maximum Gasteiger partial charge on any atom is 0.387 e. The summed E-state index contributed by atoms with van der Waals surface area (Å²) in [6.07, 6.45) is 1.35. The molecule has 1 heterocycles. The van der Waals surface area contributed by atoms with E-state index in [-0.39, 0.29) is 28.8 Å². The zero-order valence-electron chi connectivity index (χ0n) is 14.7. The monoisotopic (exact) mass is 393 g/mol. The van der Waals surface area contributed by atoms with Crippen LogP contribution in [0.3, 0.4) is 0 Å². The largest absolute Gasteiger partial charge is 0.494 e. The quantitative estimate of drug-likeness (QED) is 0.552. The number of carbonyl (C=O) groups excluding carboxylic acids is 1.